The molecule has 1 fully saturated rings. The van der Waals surface area contributed by atoms with Crippen LogP contribution in [0.15, 0.2) is 18.5 Å². The zero-order chi connectivity index (χ0) is 10.1. The highest BCUT2D eigenvalue weighted by Crippen LogP contribution is 2.21. The number of nitrogen functional groups attached to an aromatic ring is 1. The van der Waals surface area contributed by atoms with Gasteiger partial charge in [-0.3, -0.25) is 4.98 Å². The van der Waals surface area contributed by atoms with Crippen LogP contribution in [0.3, 0.4) is 0 Å². The first kappa shape index (κ1) is 9.23. The van der Waals surface area contributed by atoms with Crippen molar-refractivity contribution < 1.29 is 10.2 Å². The van der Waals surface area contributed by atoms with Gasteiger partial charge in [-0.2, -0.15) is 0 Å². The number of nitrogens with zero attached hydrogens (tertiary/aromatic N) is 2. The van der Waals surface area contributed by atoms with E-state index in [1.807, 2.05) is 4.90 Å². The zero-order valence-electron chi connectivity index (χ0n) is 7.67. The maximum Gasteiger partial charge on any atom is 0.0990 e. The Balaban J connectivity index is 2.17. The Morgan fingerprint density at radius 3 is 2.50 bits per heavy atom. The lowest BCUT2D eigenvalue weighted by atomic mass is 10.3. The zero-order valence-corrected chi connectivity index (χ0v) is 7.67. The molecule has 4 N–H and O–H groups in total. The number of rotatable bonds is 1. The summed E-state index contributed by atoms with van der Waals surface area (Å²) in [5, 5.41) is 18.7. The number of aliphatic hydroxyl groups is 2. The second-order valence-electron chi connectivity index (χ2n) is 3.52. The molecule has 5 heteroatoms. The predicted octanol–water partition coefficient (Wildman–Crippen LogP) is -0.794. The molecule has 1 saturated heterocycles. The van der Waals surface area contributed by atoms with Crippen LogP contribution in [0.25, 0.3) is 0 Å². The van der Waals surface area contributed by atoms with Crippen molar-refractivity contribution in [2.45, 2.75) is 12.2 Å². The van der Waals surface area contributed by atoms with E-state index in [1.54, 1.807) is 18.5 Å². The van der Waals surface area contributed by atoms with Crippen LogP contribution in [-0.2, 0) is 0 Å². The summed E-state index contributed by atoms with van der Waals surface area (Å²) in [5.74, 6) is 0. The van der Waals surface area contributed by atoms with E-state index in [2.05, 4.69) is 4.98 Å². The van der Waals surface area contributed by atoms with Gasteiger partial charge in [0.15, 0.2) is 0 Å². The summed E-state index contributed by atoms with van der Waals surface area (Å²) >= 11 is 0. The van der Waals surface area contributed by atoms with Gasteiger partial charge in [-0.15, -0.1) is 0 Å². The van der Waals surface area contributed by atoms with Crippen LogP contribution in [0, 0.1) is 0 Å². The van der Waals surface area contributed by atoms with Crippen molar-refractivity contribution in [2.24, 2.45) is 0 Å². The van der Waals surface area contributed by atoms with Gasteiger partial charge in [0.1, 0.15) is 0 Å². The van der Waals surface area contributed by atoms with Gasteiger partial charge in [0.25, 0.3) is 0 Å². The number of nitrogens with two attached hydrogens (primary N) is 1. The van der Waals surface area contributed by atoms with Crippen LogP contribution < -0.4 is 10.6 Å². The standard InChI is InChI=1S/C9H13N3O2/c10-6-1-7(3-11-2-6)12-4-8(13)9(14)5-12/h1-3,8-9,13-14H,4-5,10H2/t8-,9-/m1/s1. The van der Waals surface area contributed by atoms with Crippen molar-refractivity contribution in [1.82, 2.24) is 4.98 Å². The molecular weight excluding hydrogens is 182 g/mol. The third kappa shape index (κ3) is 1.64. The maximum absolute atomic E-state index is 9.36. The van der Waals surface area contributed by atoms with E-state index in [4.69, 9.17) is 5.73 Å². The van der Waals surface area contributed by atoms with Gasteiger partial charge in [-0.1, -0.05) is 0 Å². The summed E-state index contributed by atoms with van der Waals surface area (Å²) in [7, 11) is 0. The summed E-state index contributed by atoms with van der Waals surface area (Å²) in [6, 6.07) is 1.78. The van der Waals surface area contributed by atoms with Gasteiger partial charge in [0, 0.05) is 19.3 Å². The van der Waals surface area contributed by atoms with E-state index in [-0.39, 0.29) is 0 Å². The van der Waals surface area contributed by atoms with Crippen molar-refractivity contribution >= 4 is 11.4 Å². The Labute approximate surface area is 81.8 Å². The number of hydrogen-bond donors (Lipinski definition) is 3. The Morgan fingerprint density at radius 1 is 1.29 bits per heavy atom. The molecule has 2 heterocycles. The normalized spacial score (nSPS) is 26.9. The Kier molecular flexibility index (Phi) is 2.26. The molecule has 0 unspecified atom stereocenters. The van der Waals surface area contributed by atoms with E-state index in [1.165, 1.54) is 0 Å². The highest BCUT2D eigenvalue weighted by atomic mass is 16.3. The number of aromatic nitrogens is 1. The van der Waals surface area contributed by atoms with Crippen molar-refractivity contribution in [2.75, 3.05) is 23.7 Å². The van der Waals surface area contributed by atoms with Crippen molar-refractivity contribution in [3.8, 4) is 0 Å². The van der Waals surface area contributed by atoms with Crippen LogP contribution in [0.1, 0.15) is 0 Å². The van der Waals surface area contributed by atoms with Gasteiger partial charge in [0.2, 0.25) is 0 Å². The number of β-amino-alcohol motifs (C(OH)–C–C–N with tert-alkyl or cyclic N) is 2. The fourth-order valence-electron chi connectivity index (χ4n) is 1.60. The van der Waals surface area contributed by atoms with Crippen molar-refractivity contribution in [3.05, 3.63) is 18.5 Å². The van der Waals surface area contributed by atoms with Crippen LogP contribution in [0.4, 0.5) is 11.4 Å². The predicted molar refractivity (Wildman–Crippen MR) is 52.9 cm³/mol. The number of aliphatic hydroxyl groups excluding tert-OH is 2. The molecule has 1 aromatic heterocycles. The lowest BCUT2D eigenvalue weighted by Crippen LogP contribution is -2.22. The molecule has 0 radical (unpaired) electrons. The fourth-order valence-corrected chi connectivity index (χ4v) is 1.60. The summed E-state index contributed by atoms with van der Waals surface area (Å²) in [6.07, 6.45) is 1.86. The second-order valence-corrected chi connectivity index (χ2v) is 3.52. The monoisotopic (exact) mass is 195 g/mol. The molecule has 0 bridgehead atoms. The molecule has 1 aliphatic rings. The fraction of sp³-hybridized carbons (Fsp3) is 0.444. The third-order valence-corrected chi connectivity index (χ3v) is 2.37. The molecule has 0 aromatic carbocycles. The molecule has 0 amide bonds. The molecule has 0 saturated carbocycles. The first-order valence-electron chi connectivity index (χ1n) is 4.48. The first-order chi connectivity index (χ1) is 6.66. The molecule has 0 spiro atoms. The van der Waals surface area contributed by atoms with E-state index < -0.39 is 12.2 Å². The minimum absolute atomic E-state index is 0.423. The second kappa shape index (κ2) is 3.43. The van der Waals surface area contributed by atoms with E-state index >= 15 is 0 Å². The SMILES string of the molecule is Nc1cncc(N2C[C@@H](O)[C@H](O)C2)c1. The maximum atomic E-state index is 9.36. The largest absolute Gasteiger partial charge is 0.397 e. The van der Waals surface area contributed by atoms with Gasteiger partial charge in [-0.25, -0.2) is 0 Å². The Hall–Kier alpha value is -1.33. The highest BCUT2D eigenvalue weighted by Gasteiger charge is 2.29. The minimum atomic E-state index is -0.684. The smallest absolute Gasteiger partial charge is 0.0990 e. The summed E-state index contributed by atoms with van der Waals surface area (Å²) in [5.41, 5.74) is 7.00. The molecule has 76 valence electrons. The van der Waals surface area contributed by atoms with E-state index in [0.717, 1.165) is 5.69 Å². The van der Waals surface area contributed by atoms with E-state index in [0.29, 0.717) is 18.8 Å². The van der Waals surface area contributed by atoms with Crippen LogP contribution >= 0.6 is 0 Å². The number of hydrogen-bond acceptors (Lipinski definition) is 5. The molecule has 14 heavy (non-hydrogen) atoms. The van der Waals surface area contributed by atoms with Gasteiger partial charge in [-0.05, 0) is 6.07 Å². The quantitative estimate of drug-likeness (QED) is 0.547. The van der Waals surface area contributed by atoms with Gasteiger partial charge >= 0.3 is 0 Å². The number of pyridine rings is 1. The molecule has 1 aliphatic heterocycles. The lowest BCUT2D eigenvalue weighted by Gasteiger charge is -2.17. The van der Waals surface area contributed by atoms with Crippen LogP contribution in [-0.4, -0.2) is 40.5 Å². The third-order valence-electron chi connectivity index (χ3n) is 2.37. The lowest BCUT2D eigenvalue weighted by molar-refractivity contribution is 0.0572. The topological polar surface area (TPSA) is 82.6 Å². The van der Waals surface area contributed by atoms with Gasteiger partial charge in [0.05, 0.1) is 29.8 Å². The molecule has 2 rings (SSSR count). The van der Waals surface area contributed by atoms with E-state index in [9.17, 15) is 10.2 Å². The van der Waals surface area contributed by atoms with Gasteiger partial charge < -0.3 is 20.8 Å². The highest BCUT2D eigenvalue weighted by molar-refractivity contribution is 5.54. The summed E-state index contributed by atoms with van der Waals surface area (Å²) < 4.78 is 0. The van der Waals surface area contributed by atoms with Crippen LogP contribution in [0.2, 0.25) is 0 Å². The molecular formula is C9H13N3O2. The van der Waals surface area contributed by atoms with Crippen molar-refractivity contribution in [3.63, 3.8) is 0 Å². The molecule has 2 atom stereocenters. The summed E-state index contributed by atoms with van der Waals surface area (Å²) in [4.78, 5) is 5.81. The Morgan fingerprint density at radius 2 is 1.93 bits per heavy atom. The minimum Gasteiger partial charge on any atom is -0.397 e. The number of anilines is 2. The molecule has 0 aliphatic carbocycles. The average Bonchev–Trinajstić information content (AvgIpc) is 2.47. The Bertz CT molecular complexity index is 322. The summed E-state index contributed by atoms with van der Waals surface area (Å²) in [6.45, 7) is 0.846. The molecule has 5 nitrogen and oxygen atoms in total. The van der Waals surface area contributed by atoms with Crippen LogP contribution in [0.5, 0.6) is 0 Å². The van der Waals surface area contributed by atoms with Crippen molar-refractivity contribution in [1.29, 1.82) is 0 Å². The molecule has 1 aromatic rings. The average molecular weight is 195 g/mol. The first-order valence-corrected chi connectivity index (χ1v) is 4.48.